The average Bonchev–Trinajstić information content (AvgIpc) is 2.82. The largest absolute Gasteiger partial charge is 0.459 e. The molecule has 0 amide bonds. The summed E-state index contributed by atoms with van der Waals surface area (Å²) in [5.74, 6) is -1.13. The van der Waals surface area contributed by atoms with Crippen molar-refractivity contribution < 1.29 is 28.6 Å². The van der Waals surface area contributed by atoms with Crippen LogP contribution in [0, 0.1) is 0 Å². The van der Waals surface area contributed by atoms with E-state index in [4.69, 9.17) is 18.9 Å². The van der Waals surface area contributed by atoms with E-state index >= 15 is 0 Å². The predicted octanol–water partition coefficient (Wildman–Crippen LogP) is 5.16. The van der Waals surface area contributed by atoms with E-state index in [1.165, 1.54) is 13.8 Å². The second kappa shape index (κ2) is 13.1. The molecule has 0 bridgehead atoms. The summed E-state index contributed by atoms with van der Waals surface area (Å²) in [5.41, 5.74) is 2.41. The number of aliphatic hydroxyl groups excluding tert-OH is 1. The number of nitrogens with zero attached hydrogens (tertiary/aromatic N) is 1. The van der Waals surface area contributed by atoms with E-state index in [-0.39, 0.29) is 11.6 Å². The zero-order chi connectivity index (χ0) is 27.8. The first-order valence-corrected chi connectivity index (χ1v) is 15.5. The van der Waals surface area contributed by atoms with Crippen LogP contribution in [0.2, 0.25) is 18.1 Å². The lowest BCUT2D eigenvalue weighted by Gasteiger charge is -2.38. The van der Waals surface area contributed by atoms with Crippen molar-refractivity contribution in [1.82, 2.24) is 0 Å². The van der Waals surface area contributed by atoms with Gasteiger partial charge in [0, 0.05) is 25.0 Å². The van der Waals surface area contributed by atoms with E-state index in [9.17, 15) is 14.7 Å². The maximum absolute atomic E-state index is 12.0. The maximum Gasteiger partial charge on any atom is 0.303 e. The highest BCUT2D eigenvalue weighted by Gasteiger charge is 2.41. The van der Waals surface area contributed by atoms with Crippen molar-refractivity contribution in [2.24, 2.45) is 4.99 Å². The molecule has 0 aliphatic rings. The first-order valence-electron chi connectivity index (χ1n) is 12.6. The van der Waals surface area contributed by atoms with Crippen molar-refractivity contribution in [1.29, 1.82) is 0 Å². The monoisotopic (exact) mass is 527 g/mol. The Morgan fingerprint density at radius 1 is 0.892 bits per heavy atom. The van der Waals surface area contributed by atoms with E-state index in [0.29, 0.717) is 5.71 Å². The second-order valence-corrected chi connectivity index (χ2v) is 15.5. The van der Waals surface area contributed by atoms with Crippen LogP contribution in [-0.4, -0.2) is 62.0 Å². The van der Waals surface area contributed by atoms with Gasteiger partial charge in [-0.05, 0) is 25.1 Å². The first kappa shape index (κ1) is 30.4. The molecule has 2 rings (SSSR count). The Balaban J connectivity index is 2.61. The van der Waals surface area contributed by atoms with Crippen molar-refractivity contribution >= 4 is 26.0 Å². The Bertz CT molecular complexity index is 1010. The minimum atomic E-state index is -2.22. The molecule has 0 aliphatic heterocycles. The fourth-order valence-corrected chi connectivity index (χ4v) is 4.60. The Morgan fingerprint density at radius 3 is 1.76 bits per heavy atom. The number of rotatable bonds is 11. The lowest BCUT2D eigenvalue weighted by Crippen LogP contribution is -2.50. The smallest absolute Gasteiger partial charge is 0.303 e. The van der Waals surface area contributed by atoms with Crippen LogP contribution < -0.4 is 0 Å². The van der Waals surface area contributed by atoms with Gasteiger partial charge >= 0.3 is 11.9 Å². The van der Waals surface area contributed by atoms with Crippen molar-refractivity contribution in [2.75, 3.05) is 6.61 Å². The Morgan fingerprint density at radius 2 is 1.35 bits per heavy atom. The quantitative estimate of drug-likeness (QED) is 0.246. The van der Waals surface area contributed by atoms with Crippen LogP contribution in [0.15, 0.2) is 65.7 Å². The molecule has 4 atom stereocenters. The molecule has 0 saturated heterocycles. The number of hydrogen-bond acceptors (Lipinski definition) is 7. The van der Waals surface area contributed by atoms with Gasteiger partial charge in [-0.2, -0.15) is 0 Å². The van der Waals surface area contributed by atoms with E-state index < -0.39 is 44.6 Å². The zero-order valence-corrected chi connectivity index (χ0v) is 24.2. The number of esters is 2. The molecule has 8 heteroatoms. The third-order valence-corrected chi connectivity index (χ3v) is 11.2. The number of carbonyl (C=O) groups is 2. The van der Waals surface area contributed by atoms with Gasteiger partial charge in [-0.15, -0.1) is 0 Å². The third kappa shape index (κ3) is 8.91. The normalized spacial score (nSPS) is 15.2. The van der Waals surface area contributed by atoms with Gasteiger partial charge in [0.05, 0.1) is 12.3 Å². The van der Waals surface area contributed by atoms with Crippen molar-refractivity contribution in [3.05, 3.63) is 71.8 Å². The molecule has 0 saturated carbocycles. The van der Waals surface area contributed by atoms with Gasteiger partial charge in [0.15, 0.2) is 14.4 Å². The summed E-state index contributed by atoms with van der Waals surface area (Å²) in [6, 6.07) is 18.6. The highest BCUT2D eigenvalue weighted by molar-refractivity contribution is 6.74. The van der Waals surface area contributed by atoms with Crippen molar-refractivity contribution in [3.8, 4) is 0 Å². The summed E-state index contributed by atoms with van der Waals surface area (Å²) in [4.78, 5) is 28.6. The number of hydrogen-bond donors (Lipinski definition) is 1. The van der Waals surface area contributed by atoms with Crippen LogP contribution in [0.5, 0.6) is 0 Å². The standard InChI is InChI=1S/C29H41NO6Si/c1-20(35-21(2)31)28(36-22(3)32)27(33)25(19-34-37(7,8)29(4,5)6)30-26(23-15-11-9-12-16-23)24-17-13-10-14-18-24/h9-18,20,25,27-28,33H,19H2,1-8H3/t20-,25-,27+,28+/m0/s1. The summed E-state index contributed by atoms with van der Waals surface area (Å²) >= 11 is 0. The molecule has 0 aromatic heterocycles. The molecule has 0 spiro atoms. The molecule has 0 aliphatic carbocycles. The minimum Gasteiger partial charge on any atom is -0.459 e. The Kier molecular flexibility index (Phi) is 10.8. The number of aliphatic hydroxyl groups is 1. The lowest BCUT2D eigenvalue weighted by atomic mass is 9.99. The molecule has 1 N–H and O–H groups in total. The summed E-state index contributed by atoms with van der Waals surface area (Å²) in [6.07, 6.45) is -3.32. The van der Waals surface area contributed by atoms with Gasteiger partial charge in [-0.25, -0.2) is 0 Å². The molecule has 7 nitrogen and oxygen atoms in total. The molecule has 2 aromatic carbocycles. The Hall–Kier alpha value is -2.81. The van der Waals surface area contributed by atoms with Crippen molar-refractivity contribution in [3.63, 3.8) is 0 Å². The lowest BCUT2D eigenvalue weighted by molar-refractivity contribution is -0.174. The topological polar surface area (TPSA) is 94.4 Å². The van der Waals surface area contributed by atoms with Crippen LogP contribution in [0.25, 0.3) is 0 Å². The molecule has 37 heavy (non-hydrogen) atoms. The fraction of sp³-hybridized carbons (Fsp3) is 0.483. The van der Waals surface area contributed by atoms with Gasteiger partial charge in [-0.1, -0.05) is 81.4 Å². The molecule has 0 fully saturated rings. The van der Waals surface area contributed by atoms with Gasteiger partial charge in [0.25, 0.3) is 0 Å². The molecule has 202 valence electrons. The van der Waals surface area contributed by atoms with E-state index in [1.54, 1.807) is 6.92 Å². The number of benzene rings is 2. The molecular formula is C29H41NO6Si. The number of ether oxygens (including phenoxy) is 2. The molecular weight excluding hydrogens is 486 g/mol. The number of aliphatic imine (C=N–C) groups is 1. The predicted molar refractivity (Wildman–Crippen MR) is 148 cm³/mol. The third-order valence-electron chi connectivity index (χ3n) is 6.66. The fourth-order valence-electron chi connectivity index (χ4n) is 3.58. The average molecular weight is 528 g/mol. The van der Waals surface area contributed by atoms with Gasteiger partial charge in [0.1, 0.15) is 18.2 Å². The molecule has 0 heterocycles. The Labute approximate surface area is 222 Å². The second-order valence-electron chi connectivity index (χ2n) is 10.7. The van der Waals surface area contributed by atoms with Crippen LogP contribution in [0.1, 0.15) is 52.7 Å². The van der Waals surface area contributed by atoms with Crippen LogP contribution in [0.4, 0.5) is 0 Å². The van der Waals surface area contributed by atoms with E-state index in [2.05, 4.69) is 33.9 Å². The summed E-state index contributed by atoms with van der Waals surface area (Å²) < 4.78 is 17.3. The SMILES string of the molecule is CC(=O)O[C@@H]([C@H](O)[C@H](CO[Si](C)(C)C(C)(C)C)N=C(c1ccccc1)c1ccccc1)[C@H](C)OC(C)=O. The molecule has 0 unspecified atom stereocenters. The first-order chi connectivity index (χ1) is 17.2. The van der Waals surface area contributed by atoms with Crippen LogP contribution in [-0.2, 0) is 23.5 Å². The molecule has 2 aromatic rings. The van der Waals surface area contributed by atoms with Crippen LogP contribution >= 0.6 is 0 Å². The summed E-state index contributed by atoms with van der Waals surface area (Å²) in [6.45, 7) is 14.9. The van der Waals surface area contributed by atoms with Crippen LogP contribution in [0.3, 0.4) is 0 Å². The van der Waals surface area contributed by atoms with E-state index in [0.717, 1.165) is 11.1 Å². The highest BCUT2D eigenvalue weighted by Crippen LogP contribution is 2.37. The van der Waals surface area contributed by atoms with Gasteiger partial charge in [-0.3, -0.25) is 14.6 Å². The molecule has 0 radical (unpaired) electrons. The maximum atomic E-state index is 12.0. The van der Waals surface area contributed by atoms with Gasteiger partial charge in [0.2, 0.25) is 0 Å². The van der Waals surface area contributed by atoms with Crippen molar-refractivity contribution in [2.45, 2.75) is 84.0 Å². The van der Waals surface area contributed by atoms with Gasteiger partial charge < -0.3 is 19.0 Å². The minimum absolute atomic E-state index is 0.0613. The summed E-state index contributed by atoms with van der Waals surface area (Å²) in [5, 5.41) is 11.5. The zero-order valence-electron chi connectivity index (χ0n) is 23.2. The summed E-state index contributed by atoms with van der Waals surface area (Å²) in [7, 11) is -2.22. The highest BCUT2D eigenvalue weighted by atomic mass is 28.4. The number of carbonyl (C=O) groups excluding carboxylic acids is 2. The van der Waals surface area contributed by atoms with E-state index in [1.807, 2.05) is 60.7 Å².